The largest absolute Gasteiger partial charge is 0.338 e. The van der Waals surface area contributed by atoms with Crippen LogP contribution >= 0.6 is 23.2 Å². The summed E-state index contributed by atoms with van der Waals surface area (Å²) in [5.41, 5.74) is 2.37. The van der Waals surface area contributed by atoms with Gasteiger partial charge in [0.25, 0.3) is 5.91 Å². The minimum Gasteiger partial charge on any atom is -0.338 e. The van der Waals surface area contributed by atoms with Gasteiger partial charge in [0, 0.05) is 34.8 Å². The molecule has 0 aliphatic carbocycles. The fourth-order valence-corrected chi connectivity index (χ4v) is 4.32. The van der Waals surface area contributed by atoms with Gasteiger partial charge in [-0.05, 0) is 42.3 Å². The topological polar surface area (TPSA) is 73.8 Å². The molecule has 6 nitrogen and oxygen atoms in total. The number of para-hydroxylation sites is 1. The standard InChI is InChI=1S/C25H21Cl2FN4O2/c1-32-21-12-5-3-8-17(21)22(16-7-2-4-11-20(16)28)30-23(24(32)33)31-25(34)29-14-13-15-18(26)9-6-10-19(15)27/h2-12,23H,13-14H2,1H3,(H2,29,31,34). The number of hydrogen-bond donors (Lipinski definition) is 2. The number of nitrogens with one attached hydrogen (secondary N) is 2. The number of rotatable bonds is 5. The summed E-state index contributed by atoms with van der Waals surface area (Å²) in [7, 11) is 1.59. The van der Waals surface area contributed by atoms with Crippen molar-refractivity contribution in [3.63, 3.8) is 0 Å². The number of carbonyl (C=O) groups excluding carboxylic acids is 2. The van der Waals surface area contributed by atoms with Gasteiger partial charge in [0.1, 0.15) is 5.82 Å². The molecule has 3 amide bonds. The van der Waals surface area contributed by atoms with Gasteiger partial charge in [-0.25, -0.2) is 14.2 Å². The van der Waals surface area contributed by atoms with Gasteiger partial charge in [0.15, 0.2) is 0 Å². The van der Waals surface area contributed by atoms with Crippen molar-refractivity contribution in [2.75, 3.05) is 18.5 Å². The van der Waals surface area contributed by atoms with E-state index >= 15 is 0 Å². The molecule has 4 rings (SSSR count). The number of nitrogens with zero attached hydrogens (tertiary/aromatic N) is 2. The number of benzodiazepines with no additional fused rings is 1. The van der Waals surface area contributed by atoms with E-state index in [4.69, 9.17) is 23.2 Å². The summed E-state index contributed by atoms with van der Waals surface area (Å²) < 4.78 is 14.7. The zero-order valence-corrected chi connectivity index (χ0v) is 19.7. The highest BCUT2D eigenvalue weighted by molar-refractivity contribution is 6.36. The monoisotopic (exact) mass is 498 g/mol. The number of hydrogen-bond acceptors (Lipinski definition) is 3. The Kier molecular flexibility index (Phi) is 7.14. The molecule has 3 aromatic rings. The van der Waals surface area contributed by atoms with Gasteiger partial charge in [-0.2, -0.15) is 0 Å². The van der Waals surface area contributed by atoms with Crippen molar-refractivity contribution in [2.24, 2.45) is 4.99 Å². The van der Waals surface area contributed by atoms with Gasteiger partial charge in [-0.3, -0.25) is 4.79 Å². The number of urea groups is 1. The fourth-order valence-electron chi connectivity index (χ4n) is 3.73. The van der Waals surface area contributed by atoms with Crippen LogP contribution in [-0.4, -0.2) is 37.4 Å². The van der Waals surface area contributed by atoms with Crippen LogP contribution in [0.5, 0.6) is 0 Å². The van der Waals surface area contributed by atoms with E-state index in [1.807, 2.05) is 0 Å². The normalized spacial score (nSPS) is 15.3. The smallest absolute Gasteiger partial charge is 0.316 e. The summed E-state index contributed by atoms with van der Waals surface area (Å²) in [6, 6.07) is 17.8. The molecular weight excluding hydrogens is 478 g/mol. The van der Waals surface area contributed by atoms with Crippen molar-refractivity contribution >= 4 is 46.5 Å². The number of benzene rings is 3. The SMILES string of the molecule is CN1C(=O)C(NC(=O)NCCc2c(Cl)cccc2Cl)N=C(c2ccccc2F)c2ccccc21. The zero-order chi connectivity index (χ0) is 24.2. The molecule has 1 heterocycles. The maximum absolute atomic E-state index is 14.7. The Labute approximate surface area is 206 Å². The first-order valence-electron chi connectivity index (χ1n) is 10.5. The van der Waals surface area contributed by atoms with Crippen molar-refractivity contribution in [2.45, 2.75) is 12.6 Å². The first kappa shape index (κ1) is 23.7. The number of halogens is 3. The van der Waals surface area contributed by atoms with Crippen molar-refractivity contribution < 1.29 is 14.0 Å². The Balaban J connectivity index is 1.57. The second kappa shape index (κ2) is 10.2. The lowest BCUT2D eigenvalue weighted by atomic mass is 10.00. The Bertz CT molecular complexity index is 1260. The Hall–Kier alpha value is -3.42. The molecular formula is C25H21Cl2FN4O2. The van der Waals surface area contributed by atoms with Crippen molar-refractivity contribution in [3.8, 4) is 0 Å². The first-order valence-corrected chi connectivity index (χ1v) is 11.3. The van der Waals surface area contributed by atoms with Gasteiger partial charge in [0.05, 0.1) is 11.4 Å². The van der Waals surface area contributed by atoms with E-state index in [9.17, 15) is 14.0 Å². The highest BCUT2D eigenvalue weighted by Gasteiger charge is 2.31. The predicted molar refractivity (Wildman–Crippen MR) is 132 cm³/mol. The molecule has 0 bridgehead atoms. The van der Waals surface area contributed by atoms with Gasteiger partial charge in [0.2, 0.25) is 6.17 Å². The van der Waals surface area contributed by atoms with E-state index in [0.29, 0.717) is 33.3 Å². The maximum atomic E-state index is 14.7. The van der Waals surface area contributed by atoms with Crippen molar-refractivity contribution in [1.82, 2.24) is 10.6 Å². The van der Waals surface area contributed by atoms with Gasteiger partial charge >= 0.3 is 6.03 Å². The number of aliphatic imine (C=N–C) groups is 1. The summed E-state index contributed by atoms with van der Waals surface area (Å²) in [6.45, 7) is 0.232. The number of carbonyl (C=O) groups is 2. The lowest BCUT2D eigenvalue weighted by Crippen LogP contribution is -2.49. The average molecular weight is 499 g/mol. The molecule has 1 atom stereocenters. The van der Waals surface area contributed by atoms with Crippen LogP contribution in [0.2, 0.25) is 10.0 Å². The highest BCUT2D eigenvalue weighted by atomic mass is 35.5. The van der Waals surface area contributed by atoms with Gasteiger partial charge < -0.3 is 15.5 Å². The summed E-state index contributed by atoms with van der Waals surface area (Å²) in [6.07, 6.45) is -0.851. The molecule has 3 aromatic carbocycles. The lowest BCUT2D eigenvalue weighted by molar-refractivity contribution is -0.119. The molecule has 1 unspecified atom stereocenters. The zero-order valence-electron chi connectivity index (χ0n) is 18.2. The van der Waals surface area contributed by atoms with Crippen molar-refractivity contribution in [1.29, 1.82) is 0 Å². The van der Waals surface area contributed by atoms with Crippen LogP contribution in [0.1, 0.15) is 16.7 Å². The van der Waals surface area contributed by atoms with E-state index in [-0.39, 0.29) is 17.8 Å². The van der Waals surface area contributed by atoms with E-state index in [1.165, 1.54) is 11.0 Å². The summed E-state index contributed by atoms with van der Waals surface area (Å²) in [4.78, 5) is 31.6. The molecule has 0 radical (unpaired) electrons. The molecule has 0 fully saturated rings. The second-order valence-corrected chi connectivity index (χ2v) is 8.44. The number of anilines is 1. The van der Waals surface area contributed by atoms with Crippen LogP contribution < -0.4 is 15.5 Å². The second-order valence-electron chi connectivity index (χ2n) is 7.62. The molecule has 1 aliphatic heterocycles. The molecule has 1 aliphatic rings. The van der Waals surface area contributed by atoms with Crippen LogP contribution in [0, 0.1) is 5.82 Å². The third-order valence-electron chi connectivity index (χ3n) is 5.46. The Morgan fingerprint density at radius 1 is 1.00 bits per heavy atom. The van der Waals surface area contributed by atoms with Crippen LogP contribution in [0.25, 0.3) is 0 Å². The molecule has 0 saturated heterocycles. The third kappa shape index (κ3) is 4.90. The number of amides is 3. The number of likely N-dealkylation sites (N-methyl/N-ethyl adjacent to an activating group) is 1. The van der Waals surface area contributed by atoms with Crippen molar-refractivity contribution in [3.05, 3.63) is 99.3 Å². The first-order chi connectivity index (χ1) is 16.4. The average Bonchev–Trinajstić information content (AvgIpc) is 2.92. The van der Waals surface area contributed by atoms with Crippen LogP contribution in [0.15, 0.2) is 71.7 Å². The van der Waals surface area contributed by atoms with Crippen LogP contribution in [-0.2, 0) is 11.2 Å². The Morgan fingerprint density at radius 2 is 1.65 bits per heavy atom. The maximum Gasteiger partial charge on any atom is 0.316 e. The van der Waals surface area contributed by atoms with E-state index in [2.05, 4.69) is 15.6 Å². The van der Waals surface area contributed by atoms with E-state index < -0.39 is 23.9 Å². The van der Waals surface area contributed by atoms with E-state index in [0.717, 1.165) is 0 Å². The number of fused-ring (bicyclic) bond motifs is 1. The molecule has 9 heteroatoms. The predicted octanol–water partition coefficient (Wildman–Crippen LogP) is 4.81. The van der Waals surface area contributed by atoms with Gasteiger partial charge in [-0.15, -0.1) is 0 Å². The Morgan fingerprint density at radius 3 is 2.35 bits per heavy atom. The molecule has 0 saturated carbocycles. The fraction of sp³-hybridized carbons (Fsp3) is 0.160. The van der Waals surface area contributed by atoms with Gasteiger partial charge in [-0.1, -0.05) is 59.6 Å². The lowest BCUT2D eigenvalue weighted by Gasteiger charge is -2.21. The molecule has 2 N–H and O–H groups in total. The quantitative estimate of drug-likeness (QED) is 0.529. The molecule has 0 aromatic heterocycles. The molecule has 174 valence electrons. The minimum absolute atomic E-state index is 0.232. The van der Waals surface area contributed by atoms with E-state index in [1.54, 1.807) is 67.7 Å². The van der Waals surface area contributed by atoms with Crippen LogP contribution in [0.3, 0.4) is 0 Å². The van der Waals surface area contributed by atoms with Crippen LogP contribution in [0.4, 0.5) is 14.9 Å². The minimum atomic E-state index is -1.25. The molecule has 0 spiro atoms. The summed E-state index contributed by atoms with van der Waals surface area (Å²) >= 11 is 12.3. The summed E-state index contributed by atoms with van der Waals surface area (Å²) in [5, 5.41) is 6.30. The highest BCUT2D eigenvalue weighted by Crippen LogP contribution is 2.28. The summed E-state index contributed by atoms with van der Waals surface area (Å²) in [5.74, 6) is -0.934. The third-order valence-corrected chi connectivity index (χ3v) is 6.17. The molecule has 34 heavy (non-hydrogen) atoms.